The van der Waals surface area contributed by atoms with E-state index in [0.29, 0.717) is 11.3 Å². The number of methoxy groups -OCH3 is 1. The maximum atomic E-state index is 11.7. The first kappa shape index (κ1) is 13.0. The van der Waals surface area contributed by atoms with E-state index in [9.17, 15) is 9.59 Å². The second-order valence-electron chi connectivity index (χ2n) is 3.14. The largest absolute Gasteiger partial charge is 0.453 e. The van der Waals surface area contributed by atoms with Crippen LogP contribution in [0.5, 0.6) is 0 Å². The summed E-state index contributed by atoms with van der Waals surface area (Å²) in [6.07, 6.45) is -0.646. The average molecular weight is 238 g/mol. The topological polar surface area (TPSA) is 87.7 Å². The maximum Gasteiger partial charge on any atom is 0.411 e. The number of amides is 2. The number of hydrogen-bond acceptors (Lipinski definition) is 4. The van der Waals surface area contributed by atoms with E-state index in [1.807, 2.05) is 0 Å². The Morgan fingerprint density at radius 2 is 2.06 bits per heavy atom. The van der Waals surface area contributed by atoms with Crippen molar-refractivity contribution in [2.75, 3.05) is 25.6 Å². The van der Waals surface area contributed by atoms with Gasteiger partial charge in [0.15, 0.2) is 0 Å². The molecule has 92 valence electrons. The molecular weight excluding hydrogens is 224 g/mol. The Balaban J connectivity index is 2.83. The Morgan fingerprint density at radius 1 is 1.35 bits per heavy atom. The highest BCUT2D eigenvalue weighted by Gasteiger charge is 2.12. The van der Waals surface area contributed by atoms with Crippen molar-refractivity contribution >= 4 is 17.7 Å². The molecule has 6 heteroatoms. The molecule has 0 aliphatic carbocycles. The third kappa shape index (κ3) is 3.76. The lowest BCUT2D eigenvalue weighted by Crippen LogP contribution is -2.27. The molecule has 1 aromatic rings. The Morgan fingerprint density at radius 3 is 2.71 bits per heavy atom. The summed E-state index contributed by atoms with van der Waals surface area (Å²) in [5.74, 6) is -0.369. The molecule has 0 aromatic heterocycles. The molecule has 0 saturated carbocycles. The van der Waals surface area contributed by atoms with Crippen LogP contribution in [0.4, 0.5) is 10.5 Å². The number of rotatable bonds is 4. The number of anilines is 1. The van der Waals surface area contributed by atoms with Crippen LogP contribution >= 0.6 is 0 Å². The maximum absolute atomic E-state index is 11.7. The van der Waals surface area contributed by atoms with E-state index < -0.39 is 6.09 Å². The summed E-state index contributed by atoms with van der Waals surface area (Å²) in [5, 5.41) is 13.5. The lowest BCUT2D eigenvalue weighted by molar-refractivity contribution is 0.0945. The monoisotopic (exact) mass is 238 g/mol. The van der Waals surface area contributed by atoms with Gasteiger partial charge in [-0.2, -0.15) is 0 Å². The van der Waals surface area contributed by atoms with Crippen LogP contribution in [-0.2, 0) is 4.74 Å². The number of carbonyl (C=O) groups is 2. The average Bonchev–Trinajstić information content (AvgIpc) is 2.36. The number of aliphatic hydroxyl groups is 1. The zero-order chi connectivity index (χ0) is 12.7. The minimum atomic E-state index is -0.646. The van der Waals surface area contributed by atoms with E-state index in [2.05, 4.69) is 15.4 Å². The van der Waals surface area contributed by atoms with Gasteiger partial charge in [-0.1, -0.05) is 12.1 Å². The number of hydrogen-bond donors (Lipinski definition) is 3. The van der Waals surface area contributed by atoms with Crippen LogP contribution in [0.15, 0.2) is 24.3 Å². The molecule has 17 heavy (non-hydrogen) atoms. The van der Waals surface area contributed by atoms with E-state index in [0.717, 1.165) is 0 Å². The van der Waals surface area contributed by atoms with Crippen LogP contribution in [0.3, 0.4) is 0 Å². The SMILES string of the molecule is COC(=O)Nc1ccccc1C(=O)NCCO. The van der Waals surface area contributed by atoms with Crippen LogP contribution in [0.1, 0.15) is 10.4 Å². The van der Waals surface area contributed by atoms with Crippen molar-refractivity contribution < 1.29 is 19.4 Å². The molecule has 0 atom stereocenters. The van der Waals surface area contributed by atoms with Crippen LogP contribution in [0, 0.1) is 0 Å². The molecule has 0 unspecified atom stereocenters. The predicted molar refractivity (Wildman–Crippen MR) is 61.9 cm³/mol. The summed E-state index contributed by atoms with van der Waals surface area (Å²) >= 11 is 0. The Bertz CT molecular complexity index is 406. The lowest BCUT2D eigenvalue weighted by Gasteiger charge is -2.09. The van der Waals surface area contributed by atoms with Crippen LogP contribution < -0.4 is 10.6 Å². The second-order valence-corrected chi connectivity index (χ2v) is 3.14. The van der Waals surface area contributed by atoms with Gasteiger partial charge in [-0.15, -0.1) is 0 Å². The van der Waals surface area contributed by atoms with E-state index in [4.69, 9.17) is 5.11 Å². The van der Waals surface area contributed by atoms with Gasteiger partial charge in [0.2, 0.25) is 0 Å². The van der Waals surface area contributed by atoms with Gasteiger partial charge >= 0.3 is 6.09 Å². The molecule has 0 heterocycles. The number of nitrogens with one attached hydrogen (secondary N) is 2. The minimum Gasteiger partial charge on any atom is -0.453 e. The van der Waals surface area contributed by atoms with Gasteiger partial charge in [-0.3, -0.25) is 10.1 Å². The molecule has 0 aliphatic heterocycles. The highest BCUT2D eigenvalue weighted by molar-refractivity contribution is 6.02. The molecule has 0 fully saturated rings. The lowest BCUT2D eigenvalue weighted by atomic mass is 10.1. The molecule has 6 nitrogen and oxygen atoms in total. The number of benzene rings is 1. The standard InChI is InChI=1S/C11H14N2O4/c1-17-11(16)13-9-5-3-2-4-8(9)10(15)12-6-7-14/h2-5,14H,6-7H2,1H3,(H,12,15)(H,13,16). The van der Waals surface area contributed by atoms with Crippen molar-refractivity contribution in [3.63, 3.8) is 0 Å². The van der Waals surface area contributed by atoms with E-state index in [1.165, 1.54) is 7.11 Å². The van der Waals surface area contributed by atoms with Gasteiger partial charge in [0.25, 0.3) is 5.91 Å². The summed E-state index contributed by atoms with van der Waals surface area (Å²) in [7, 11) is 1.24. The molecule has 1 aromatic carbocycles. The fourth-order valence-corrected chi connectivity index (χ4v) is 1.22. The normalized spacial score (nSPS) is 9.53. The zero-order valence-electron chi connectivity index (χ0n) is 9.40. The molecule has 0 saturated heterocycles. The van der Waals surface area contributed by atoms with Crippen molar-refractivity contribution in [3.05, 3.63) is 29.8 Å². The van der Waals surface area contributed by atoms with Crippen LogP contribution in [0.2, 0.25) is 0 Å². The first-order valence-corrected chi connectivity index (χ1v) is 5.02. The van der Waals surface area contributed by atoms with E-state index >= 15 is 0 Å². The fourth-order valence-electron chi connectivity index (χ4n) is 1.22. The van der Waals surface area contributed by atoms with Gasteiger partial charge in [0, 0.05) is 6.54 Å². The summed E-state index contributed by atoms with van der Waals surface area (Å²) in [6.45, 7) is 0.0176. The molecule has 0 aliphatic rings. The quantitative estimate of drug-likeness (QED) is 0.716. The Hall–Kier alpha value is -2.08. The molecule has 1 rings (SSSR count). The van der Waals surface area contributed by atoms with Crippen LogP contribution in [-0.4, -0.2) is 37.4 Å². The summed E-state index contributed by atoms with van der Waals surface area (Å²) in [4.78, 5) is 22.7. The van der Waals surface area contributed by atoms with Crippen LogP contribution in [0.25, 0.3) is 0 Å². The highest BCUT2D eigenvalue weighted by atomic mass is 16.5. The third-order valence-corrected chi connectivity index (χ3v) is 1.99. The van der Waals surface area contributed by atoms with Crippen molar-refractivity contribution in [1.29, 1.82) is 0 Å². The van der Waals surface area contributed by atoms with Gasteiger partial charge in [-0.05, 0) is 12.1 Å². The van der Waals surface area contributed by atoms with Gasteiger partial charge in [0.05, 0.1) is 25.0 Å². The van der Waals surface area contributed by atoms with Crippen molar-refractivity contribution in [2.45, 2.75) is 0 Å². The number of para-hydroxylation sites is 1. The van der Waals surface area contributed by atoms with E-state index in [1.54, 1.807) is 24.3 Å². The molecule has 3 N–H and O–H groups in total. The first-order chi connectivity index (χ1) is 8.19. The molecule has 0 spiro atoms. The van der Waals surface area contributed by atoms with E-state index in [-0.39, 0.29) is 19.1 Å². The Kier molecular flexibility index (Phi) is 4.96. The summed E-state index contributed by atoms with van der Waals surface area (Å²) < 4.78 is 4.45. The minimum absolute atomic E-state index is 0.141. The zero-order valence-corrected chi connectivity index (χ0v) is 9.40. The van der Waals surface area contributed by atoms with Crippen molar-refractivity contribution in [2.24, 2.45) is 0 Å². The van der Waals surface area contributed by atoms with Gasteiger partial charge in [-0.25, -0.2) is 4.79 Å². The summed E-state index contributed by atoms with van der Waals surface area (Å²) in [5.41, 5.74) is 0.668. The Labute approximate surface area is 98.6 Å². The smallest absolute Gasteiger partial charge is 0.411 e. The number of carbonyl (C=O) groups excluding carboxylic acids is 2. The van der Waals surface area contributed by atoms with Gasteiger partial charge in [0.1, 0.15) is 0 Å². The third-order valence-electron chi connectivity index (χ3n) is 1.99. The predicted octanol–water partition coefficient (Wildman–Crippen LogP) is 0.587. The van der Waals surface area contributed by atoms with Crippen molar-refractivity contribution in [1.82, 2.24) is 5.32 Å². The fraction of sp³-hybridized carbons (Fsp3) is 0.273. The first-order valence-electron chi connectivity index (χ1n) is 5.02. The van der Waals surface area contributed by atoms with Crippen molar-refractivity contribution in [3.8, 4) is 0 Å². The number of aliphatic hydroxyl groups excluding tert-OH is 1. The summed E-state index contributed by atoms with van der Waals surface area (Å²) in [6, 6.07) is 6.52. The molecular formula is C11H14N2O4. The molecule has 0 bridgehead atoms. The highest BCUT2D eigenvalue weighted by Crippen LogP contribution is 2.14. The molecule has 2 amide bonds. The second kappa shape index (κ2) is 6.49. The molecule has 0 radical (unpaired) electrons. The number of ether oxygens (including phenoxy) is 1. The van der Waals surface area contributed by atoms with Gasteiger partial charge < -0.3 is 15.2 Å².